The van der Waals surface area contributed by atoms with E-state index in [2.05, 4.69) is 9.97 Å². The summed E-state index contributed by atoms with van der Waals surface area (Å²) < 4.78 is 5.00. The van der Waals surface area contributed by atoms with E-state index in [9.17, 15) is 5.11 Å². The third-order valence-corrected chi connectivity index (χ3v) is 5.14. The van der Waals surface area contributed by atoms with Gasteiger partial charge in [-0.15, -0.1) is 11.3 Å². The average Bonchev–Trinajstić information content (AvgIpc) is 2.85. The highest BCUT2D eigenvalue weighted by atomic mass is 32.1. The van der Waals surface area contributed by atoms with E-state index < -0.39 is 6.10 Å². The first-order valence-corrected chi connectivity index (χ1v) is 8.15. The molecule has 0 fully saturated rings. The Hall–Kier alpha value is -1.24. The highest BCUT2D eigenvalue weighted by Gasteiger charge is 2.22. The molecule has 0 aromatic carbocycles. The zero-order chi connectivity index (χ0) is 14.8. The highest BCUT2D eigenvalue weighted by molar-refractivity contribution is 7.19. The number of aliphatic hydroxyl groups is 1. The summed E-state index contributed by atoms with van der Waals surface area (Å²) in [6.07, 6.45) is 5.89. The third kappa shape index (κ3) is 2.88. The molecule has 0 aliphatic heterocycles. The molecule has 1 unspecified atom stereocenters. The van der Waals surface area contributed by atoms with Gasteiger partial charge in [-0.3, -0.25) is 0 Å². The number of likely N-dealkylation sites (N-methyl/N-ethyl adjacent to an activating group) is 1. The van der Waals surface area contributed by atoms with Gasteiger partial charge >= 0.3 is 0 Å². The molecule has 0 bridgehead atoms. The van der Waals surface area contributed by atoms with Crippen LogP contribution in [-0.4, -0.2) is 48.5 Å². The number of thiophene rings is 1. The number of hydrogen-bond acceptors (Lipinski definition) is 6. The molecule has 1 aliphatic rings. The molecule has 2 aromatic heterocycles. The Morgan fingerprint density at radius 1 is 1.38 bits per heavy atom. The maximum absolute atomic E-state index is 9.93. The first-order valence-electron chi connectivity index (χ1n) is 7.34. The molecule has 114 valence electrons. The van der Waals surface area contributed by atoms with Crippen LogP contribution < -0.4 is 4.90 Å². The van der Waals surface area contributed by atoms with Gasteiger partial charge in [0.25, 0.3) is 0 Å². The maximum atomic E-state index is 9.93. The minimum Gasteiger partial charge on any atom is -0.389 e. The van der Waals surface area contributed by atoms with E-state index >= 15 is 0 Å². The van der Waals surface area contributed by atoms with Crippen LogP contribution in [-0.2, 0) is 17.6 Å². The fourth-order valence-electron chi connectivity index (χ4n) is 3.01. The standard InChI is InChI=1S/C15H21N3O2S/c1-18(7-10(19)8-20-2)14-13-11-5-3-4-6-12(11)21-15(13)17-9-16-14/h9-10,19H,3-8H2,1-2H3. The molecular formula is C15H21N3O2S. The van der Waals surface area contributed by atoms with Gasteiger partial charge in [0.05, 0.1) is 18.1 Å². The van der Waals surface area contributed by atoms with Crippen molar-refractivity contribution in [1.82, 2.24) is 9.97 Å². The van der Waals surface area contributed by atoms with Crippen LogP contribution in [0, 0.1) is 0 Å². The van der Waals surface area contributed by atoms with Gasteiger partial charge in [-0.25, -0.2) is 9.97 Å². The van der Waals surface area contributed by atoms with Crippen molar-refractivity contribution in [2.75, 3.05) is 32.2 Å². The van der Waals surface area contributed by atoms with E-state index in [1.807, 2.05) is 11.9 Å². The summed E-state index contributed by atoms with van der Waals surface area (Å²) in [5, 5.41) is 11.1. The zero-order valence-corrected chi connectivity index (χ0v) is 13.3. The van der Waals surface area contributed by atoms with Crippen LogP contribution in [0.15, 0.2) is 6.33 Å². The van der Waals surface area contributed by atoms with Crippen molar-refractivity contribution in [2.45, 2.75) is 31.8 Å². The molecule has 5 nitrogen and oxygen atoms in total. The lowest BCUT2D eigenvalue weighted by Crippen LogP contribution is -2.32. The summed E-state index contributed by atoms with van der Waals surface area (Å²) in [5.74, 6) is 0.926. The van der Waals surface area contributed by atoms with Gasteiger partial charge in [-0.05, 0) is 31.2 Å². The van der Waals surface area contributed by atoms with E-state index in [0.29, 0.717) is 13.2 Å². The molecule has 0 saturated carbocycles. The second kappa shape index (κ2) is 6.25. The Bertz CT molecular complexity index is 629. The topological polar surface area (TPSA) is 58.5 Å². The van der Waals surface area contributed by atoms with Crippen molar-refractivity contribution in [3.8, 4) is 0 Å². The normalized spacial score (nSPS) is 16.0. The number of fused-ring (bicyclic) bond motifs is 3. The summed E-state index contributed by atoms with van der Waals surface area (Å²) >= 11 is 1.80. The van der Waals surface area contributed by atoms with Gasteiger partial charge in [-0.2, -0.15) is 0 Å². The van der Waals surface area contributed by atoms with E-state index in [4.69, 9.17) is 4.74 Å². The average molecular weight is 307 g/mol. The molecule has 1 aliphatic carbocycles. The monoisotopic (exact) mass is 307 g/mol. The summed E-state index contributed by atoms with van der Waals surface area (Å²) in [7, 11) is 3.56. The van der Waals surface area contributed by atoms with Crippen molar-refractivity contribution < 1.29 is 9.84 Å². The largest absolute Gasteiger partial charge is 0.389 e. The second-order valence-corrected chi connectivity index (χ2v) is 6.66. The number of ether oxygens (including phenoxy) is 1. The summed E-state index contributed by atoms with van der Waals surface area (Å²) in [6, 6.07) is 0. The molecule has 0 amide bonds. The fourth-order valence-corrected chi connectivity index (χ4v) is 4.23. The zero-order valence-electron chi connectivity index (χ0n) is 12.5. The maximum Gasteiger partial charge on any atom is 0.140 e. The molecule has 0 spiro atoms. The molecule has 2 aromatic rings. The quantitative estimate of drug-likeness (QED) is 0.916. The molecule has 6 heteroatoms. The number of nitrogens with zero attached hydrogens (tertiary/aromatic N) is 3. The van der Waals surface area contributed by atoms with E-state index in [1.165, 1.54) is 28.7 Å². The molecular weight excluding hydrogens is 286 g/mol. The van der Waals surface area contributed by atoms with Gasteiger partial charge in [0.15, 0.2) is 0 Å². The summed E-state index contributed by atoms with van der Waals surface area (Å²) in [5.41, 5.74) is 1.42. The Kier molecular flexibility index (Phi) is 4.37. The smallest absolute Gasteiger partial charge is 0.140 e. The number of aliphatic hydroxyl groups excluding tert-OH is 1. The van der Waals surface area contributed by atoms with Crippen LogP contribution in [0.1, 0.15) is 23.3 Å². The number of rotatable bonds is 5. The third-order valence-electron chi connectivity index (χ3n) is 3.94. The van der Waals surface area contributed by atoms with Crippen LogP contribution in [0.3, 0.4) is 0 Å². The Morgan fingerprint density at radius 3 is 3.00 bits per heavy atom. The van der Waals surface area contributed by atoms with Crippen LogP contribution in [0.25, 0.3) is 10.2 Å². The minimum atomic E-state index is -0.514. The molecule has 0 saturated heterocycles. The minimum absolute atomic E-state index is 0.334. The molecule has 3 rings (SSSR count). The molecule has 1 N–H and O–H groups in total. The fraction of sp³-hybridized carbons (Fsp3) is 0.600. The van der Waals surface area contributed by atoms with E-state index in [-0.39, 0.29) is 0 Å². The second-order valence-electron chi connectivity index (χ2n) is 5.58. The van der Waals surface area contributed by atoms with Crippen molar-refractivity contribution in [3.05, 3.63) is 16.8 Å². The SMILES string of the molecule is COCC(O)CN(C)c1ncnc2sc3c(c12)CCCC3. The van der Waals surface area contributed by atoms with Gasteiger partial charge in [0, 0.05) is 25.6 Å². The number of aryl methyl sites for hydroxylation is 2. The summed E-state index contributed by atoms with van der Waals surface area (Å²) in [4.78, 5) is 13.4. The highest BCUT2D eigenvalue weighted by Crippen LogP contribution is 2.38. The molecule has 2 heterocycles. The number of methoxy groups -OCH3 is 1. The van der Waals surface area contributed by atoms with E-state index in [1.54, 1.807) is 24.8 Å². The van der Waals surface area contributed by atoms with Crippen LogP contribution in [0.5, 0.6) is 0 Å². The van der Waals surface area contributed by atoms with Gasteiger partial charge in [-0.1, -0.05) is 0 Å². The number of hydrogen-bond donors (Lipinski definition) is 1. The molecule has 21 heavy (non-hydrogen) atoms. The Balaban J connectivity index is 1.96. The first-order chi connectivity index (χ1) is 10.2. The van der Waals surface area contributed by atoms with Crippen molar-refractivity contribution in [2.24, 2.45) is 0 Å². The Morgan fingerprint density at radius 2 is 2.19 bits per heavy atom. The summed E-state index contributed by atoms with van der Waals surface area (Å²) in [6.45, 7) is 0.838. The predicted molar refractivity (Wildman–Crippen MR) is 85.2 cm³/mol. The predicted octanol–water partition coefficient (Wildman–Crippen LogP) is 2.01. The molecule has 1 atom stereocenters. The lowest BCUT2D eigenvalue weighted by Gasteiger charge is -2.22. The van der Waals surface area contributed by atoms with Gasteiger partial charge < -0.3 is 14.7 Å². The first kappa shape index (κ1) is 14.7. The Labute approximate surface area is 128 Å². The lowest BCUT2D eigenvalue weighted by molar-refractivity contribution is 0.0694. The lowest BCUT2D eigenvalue weighted by atomic mass is 9.97. The molecule has 0 radical (unpaired) electrons. The van der Waals surface area contributed by atoms with Crippen molar-refractivity contribution in [3.63, 3.8) is 0 Å². The van der Waals surface area contributed by atoms with Crippen molar-refractivity contribution >= 4 is 27.4 Å². The number of aromatic nitrogens is 2. The van der Waals surface area contributed by atoms with Crippen LogP contribution in [0.4, 0.5) is 5.82 Å². The van der Waals surface area contributed by atoms with Gasteiger partial charge in [0.1, 0.15) is 17.0 Å². The van der Waals surface area contributed by atoms with Gasteiger partial charge in [0.2, 0.25) is 0 Å². The van der Waals surface area contributed by atoms with E-state index in [0.717, 1.165) is 23.5 Å². The van der Waals surface area contributed by atoms with Crippen LogP contribution in [0.2, 0.25) is 0 Å². The van der Waals surface area contributed by atoms with Crippen LogP contribution >= 0.6 is 11.3 Å². The van der Waals surface area contributed by atoms with Crippen molar-refractivity contribution in [1.29, 1.82) is 0 Å². The number of anilines is 1.